The molecule has 4 aromatic carbocycles. The summed E-state index contributed by atoms with van der Waals surface area (Å²) in [4.78, 5) is 14.3. The van der Waals surface area contributed by atoms with E-state index in [0.29, 0.717) is 26.1 Å². The van der Waals surface area contributed by atoms with Gasteiger partial charge in [0.2, 0.25) is 0 Å². The molecule has 0 aromatic heterocycles. The number of hydrogen-bond donors (Lipinski definition) is 1. The number of hydrogen-bond acceptors (Lipinski definition) is 5. The first-order valence-electron chi connectivity index (χ1n) is 15.5. The number of rotatable bonds is 12. The molecule has 4 rings (SSSR count). The SMILES string of the molecule is CC(=O)[C@@H](N)CCN(Cc1ccccc1Oc1cccc(C(C)(C)C)c1)Cc1ccccc1Oc1cccc(C(C)(C)C)c1. The molecular weight excluding hydrogens is 544 g/mol. The molecule has 232 valence electrons. The molecule has 1 atom stereocenters. The predicted molar refractivity (Wildman–Crippen MR) is 181 cm³/mol. The van der Waals surface area contributed by atoms with Crippen molar-refractivity contribution in [3.63, 3.8) is 0 Å². The van der Waals surface area contributed by atoms with Crippen molar-refractivity contribution >= 4 is 5.78 Å². The quantitative estimate of drug-likeness (QED) is 0.178. The summed E-state index contributed by atoms with van der Waals surface area (Å²) in [7, 11) is 0. The van der Waals surface area contributed by atoms with Crippen molar-refractivity contribution in [1.29, 1.82) is 0 Å². The summed E-state index contributed by atoms with van der Waals surface area (Å²) in [6.07, 6.45) is 0.558. The van der Waals surface area contributed by atoms with E-state index in [4.69, 9.17) is 15.2 Å². The van der Waals surface area contributed by atoms with Crippen LogP contribution in [0.3, 0.4) is 0 Å². The minimum Gasteiger partial charge on any atom is -0.457 e. The molecule has 0 saturated carbocycles. The van der Waals surface area contributed by atoms with Gasteiger partial charge in [0.25, 0.3) is 0 Å². The highest BCUT2D eigenvalue weighted by Crippen LogP contribution is 2.33. The lowest BCUT2D eigenvalue weighted by Crippen LogP contribution is -2.34. The Bertz CT molecular complexity index is 1440. The number of ketones is 1. The Labute approximate surface area is 264 Å². The number of Topliss-reactive ketones (excluding diaryl/α,β-unsaturated/α-hetero) is 1. The van der Waals surface area contributed by atoms with Crippen LogP contribution in [0.15, 0.2) is 97.1 Å². The Kier molecular flexibility index (Phi) is 10.7. The third-order valence-corrected chi connectivity index (χ3v) is 7.87. The summed E-state index contributed by atoms with van der Waals surface area (Å²) in [6, 6.07) is 32.4. The smallest absolute Gasteiger partial charge is 0.146 e. The van der Waals surface area contributed by atoms with Gasteiger partial charge in [-0.15, -0.1) is 0 Å². The van der Waals surface area contributed by atoms with Gasteiger partial charge in [-0.3, -0.25) is 9.69 Å². The Balaban J connectivity index is 1.60. The van der Waals surface area contributed by atoms with Crippen LogP contribution in [0, 0.1) is 0 Å². The van der Waals surface area contributed by atoms with Gasteiger partial charge in [-0.25, -0.2) is 0 Å². The van der Waals surface area contributed by atoms with Gasteiger partial charge in [-0.1, -0.05) is 102 Å². The number of carbonyl (C=O) groups excluding carboxylic acids is 1. The monoisotopic (exact) mass is 592 g/mol. The molecular formula is C39H48N2O3. The number of para-hydroxylation sites is 2. The molecule has 0 heterocycles. The third kappa shape index (κ3) is 9.28. The normalized spacial score (nSPS) is 12.7. The van der Waals surface area contributed by atoms with Crippen LogP contribution in [0.4, 0.5) is 0 Å². The van der Waals surface area contributed by atoms with Crippen molar-refractivity contribution in [2.45, 2.75) is 84.8 Å². The van der Waals surface area contributed by atoms with Crippen LogP contribution in [-0.2, 0) is 28.7 Å². The molecule has 0 bridgehead atoms. The number of ether oxygens (including phenoxy) is 2. The summed E-state index contributed by atoms with van der Waals surface area (Å²) in [5.41, 5.74) is 10.8. The number of nitrogens with zero attached hydrogens (tertiary/aromatic N) is 1. The molecule has 0 radical (unpaired) electrons. The molecule has 2 N–H and O–H groups in total. The van der Waals surface area contributed by atoms with Crippen LogP contribution in [0.5, 0.6) is 23.0 Å². The van der Waals surface area contributed by atoms with E-state index >= 15 is 0 Å². The lowest BCUT2D eigenvalue weighted by atomic mass is 9.87. The summed E-state index contributed by atoms with van der Waals surface area (Å²) >= 11 is 0. The van der Waals surface area contributed by atoms with E-state index in [1.165, 1.54) is 11.1 Å². The molecule has 0 aliphatic carbocycles. The second kappa shape index (κ2) is 14.2. The zero-order chi connectivity index (χ0) is 31.9. The van der Waals surface area contributed by atoms with E-state index in [2.05, 4.69) is 82.8 Å². The van der Waals surface area contributed by atoms with Crippen LogP contribution >= 0.6 is 0 Å². The second-order valence-corrected chi connectivity index (χ2v) is 13.7. The van der Waals surface area contributed by atoms with Crippen molar-refractivity contribution < 1.29 is 14.3 Å². The number of carbonyl (C=O) groups is 1. The van der Waals surface area contributed by atoms with Crippen LogP contribution < -0.4 is 15.2 Å². The lowest BCUT2D eigenvalue weighted by Gasteiger charge is -2.26. The van der Waals surface area contributed by atoms with Crippen LogP contribution in [0.2, 0.25) is 0 Å². The summed E-state index contributed by atoms with van der Waals surface area (Å²) < 4.78 is 12.9. The van der Waals surface area contributed by atoms with Gasteiger partial charge in [0.15, 0.2) is 0 Å². The Morgan fingerprint density at radius 3 is 1.52 bits per heavy atom. The zero-order valence-corrected chi connectivity index (χ0v) is 27.4. The Morgan fingerprint density at radius 2 is 1.11 bits per heavy atom. The predicted octanol–water partition coefficient (Wildman–Crippen LogP) is 9.17. The van der Waals surface area contributed by atoms with Gasteiger partial charge in [0.1, 0.15) is 28.8 Å². The molecule has 44 heavy (non-hydrogen) atoms. The first-order chi connectivity index (χ1) is 20.8. The first-order valence-corrected chi connectivity index (χ1v) is 15.5. The van der Waals surface area contributed by atoms with Crippen molar-refractivity contribution in [3.8, 4) is 23.0 Å². The molecule has 0 fully saturated rings. The highest BCUT2D eigenvalue weighted by molar-refractivity contribution is 5.81. The second-order valence-electron chi connectivity index (χ2n) is 13.7. The topological polar surface area (TPSA) is 64.8 Å². The third-order valence-electron chi connectivity index (χ3n) is 7.87. The zero-order valence-electron chi connectivity index (χ0n) is 27.4. The fourth-order valence-corrected chi connectivity index (χ4v) is 4.99. The molecule has 0 amide bonds. The molecule has 5 nitrogen and oxygen atoms in total. The molecule has 5 heteroatoms. The number of nitrogens with two attached hydrogens (primary N) is 1. The highest BCUT2D eigenvalue weighted by atomic mass is 16.5. The van der Waals surface area contributed by atoms with Crippen molar-refractivity contribution in [2.24, 2.45) is 5.73 Å². The van der Waals surface area contributed by atoms with Crippen LogP contribution in [0.25, 0.3) is 0 Å². The van der Waals surface area contributed by atoms with Crippen molar-refractivity contribution in [2.75, 3.05) is 6.54 Å². The van der Waals surface area contributed by atoms with Gasteiger partial charge in [-0.05, 0) is 71.7 Å². The Morgan fingerprint density at radius 1 is 0.682 bits per heavy atom. The highest BCUT2D eigenvalue weighted by Gasteiger charge is 2.19. The van der Waals surface area contributed by atoms with Crippen LogP contribution in [-0.4, -0.2) is 23.3 Å². The van der Waals surface area contributed by atoms with Gasteiger partial charge < -0.3 is 15.2 Å². The lowest BCUT2D eigenvalue weighted by molar-refractivity contribution is -0.118. The molecule has 0 aliphatic heterocycles. The first kappa shape index (κ1) is 33.0. The molecule has 4 aromatic rings. The maximum Gasteiger partial charge on any atom is 0.146 e. The maximum atomic E-state index is 12.0. The number of benzene rings is 4. The standard InChI is InChI=1S/C39H48N2O3/c1-28(42)35(40)22-23-41(26-29-14-8-10-20-36(29)43-33-18-12-16-31(24-33)38(2,3)4)27-30-15-9-11-21-37(30)44-34-19-13-17-32(25-34)39(5,6)7/h8-21,24-25,35H,22-23,26-27,40H2,1-7H3/t35-/m0/s1. The van der Waals surface area contributed by atoms with Gasteiger partial charge >= 0.3 is 0 Å². The van der Waals surface area contributed by atoms with E-state index in [0.717, 1.165) is 34.1 Å². The average Bonchev–Trinajstić information content (AvgIpc) is 2.97. The molecule has 0 spiro atoms. The van der Waals surface area contributed by atoms with Crippen molar-refractivity contribution in [3.05, 3.63) is 119 Å². The fraction of sp³-hybridized carbons (Fsp3) is 0.359. The fourth-order valence-electron chi connectivity index (χ4n) is 4.99. The van der Waals surface area contributed by atoms with E-state index in [1.54, 1.807) is 6.92 Å². The van der Waals surface area contributed by atoms with E-state index in [9.17, 15) is 4.79 Å². The minimum absolute atomic E-state index is 0.00474. The molecule has 0 unspecified atom stereocenters. The summed E-state index contributed by atoms with van der Waals surface area (Å²) in [5.74, 6) is 3.23. The van der Waals surface area contributed by atoms with Gasteiger partial charge in [0.05, 0.1) is 6.04 Å². The molecule has 0 saturated heterocycles. The van der Waals surface area contributed by atoms with Crippen molar-refractivity contribution in [1.82, 2.24) is 4.90 Å². The van der Waals surface area contributed by atoms with E-state index < -0.39 is 6.04 Å². The van der Waals surface area contributed by atoms with E-state index in [1.807, 2.05) is 60.7 Å². The van der Waals surface area contributed by atoms with Gasteiger partial charge in [0, 0.05) is 30.8 Å². The summed E-state index contributed by atoms with van der Waals surface area (Å²) in [6.45, 7) is 16.6. The average molecular weight is 593 g/mol. The minimum atomic E-state index is -0.504. The Hall–Kier alpha value is -3.93. The maximum absolute atomic E-state index is 12.0. The van der Waals surface area contributed by atoms with Crippen LogP contribution in [0.1, 0.15) is 77.1 Å². The van der Waals surface area contributed by atoms with Gasteiger partial charge in [-0.2, -0.15) is 0 Å². The van der Waals surface area contributed by atoms with E-state index in [-0.39, 0.29) is 16.6 Å². The largest absolute Gasteiger partial charge is 0.457 e. The molecule has 0 aliphatic rings. The summed E-state index contributed by atoms with van der Waals surface area (Å²) in [5, 5.41) is 0.